The van der Waals surface area contributed by atoms with Crippen molar-refractivity contribution in [1.29, 1.82) is 0 Å². The van der Waals surface area contributed by atoms with Crippen LogP contribution in [-0.4, -0.2) is 54.1 Å². The van der Waals surface area contributed by atoms with Crippen molar-refractivity contribution in [2.75, 3.05) is 19.7 Å². The minimum atomic E-state index is -0.328. The highest BCUT2D eigenvalue weighted by Crippen LogP contribution is 2.29. The average Bonchev–Trinajstić information content (AvgIpc) is 2.94. The molecule has 0 spiro atoms. The summed E-state index contributed by atoms with van der Waals surface area (Å²) in [6.07, 6.45) is 1.32. The van der Waals surface area contributed by atoms with Gasteiger partial charge in [-0.3, -0.25) is 4.90 Å². The maximum absolute atomic E-state index is 10.5. The maximum Gasteiger partial charge on any atom is 0.113 e. The van der Waals surface area contributed by atoms with Gasteiger partial charge in [-0.15, -0.1) is 0 Å². The van der Waals surface area contributed by atoms with E-state index >= 15 is 0 Å². The Labute approximate surface area is 215 Å². The largest absolute Gasteiger partial charge is 0.395 e. The van der Waals surface area contributed by atoms with E-state index in [4.69, 9.17) is 14.2 Å². The van der Waals surface area contributed by atoms with Gasteiger partial charge in [-0.05, 0) is 29.7 Å². The van der Waals surface area contributed by atoms with Crippen LogP contribution in [0.3, 0.4) is 0 Å². The fraction of sp³-hybridized carbons (Fsp3) is 0.419. The quantitative estimate of drug-likeness (QED) is 0.357. The second-order valence-corrected chi connectivity index (χ2v) is 9.46. The zero-order chi connectivity index (χ0) is 25.0. The summed E-state index contributed by atoms with van der Waals surface area (Å²) in [6, 6.07) is 30.5. The highest BCUT2D eigenvalue weighted by atomic mass is 16.6. The van der Waals surface area contributed by atoms with Crippen LogP contribution in [0.5, 0.6) is 0 Å². The van der Waals surface area contributed by atoms with Crippen LogP contribution < -0.4 is 0 Å². The molecule has 4 atom stereocenters. The van der Waals surface area contributed by atoms with Gasteiger partial charge in [-0.25, -0.2) is 0 Å². The Hall–Kier alpha value is -2.54. The summed E-state index contributed by atoms with van der Waals surface area (Å²) in [7, 11) is 0. The summed E-state index contributed by atoms with van der Waals surface area (Å²) in [6.45, 7) is 5.23. The van der Waals surface area contributed by atoms with Crippen molar-refractivity contribution >= 4 is 0 Å². The Kier molecular flexibility index (Phi) is 10.5. The van der Waals surface area contributed by atoms with Gasteiger partial charge in [-0.1, -0.05) is 104 Å². The molecule has 0 amide bonds. The predicted octanol–water partition coefficient (Wildman–Crippen LogP) is 5.22. The monoisotopic (exact) mass is 489 g/mol. The molecule has 5 nitrogen and oxygen atoms in total. The van der Waals surface area contributed by atoms with E-state index in [1.54, 1.807) is 0 Å². The summed E-state index contributed by atoms with van der Waals surface area (Å²) in [5.74, 6) is 0. The van der Waals surface area contributed by atoms with E-state index in [2.05, 4.69) is 48.2 Å². The molecule has 36 heavy (non-hydrogen) atoms. The van der Waals surface area contributed by atoms with Crippen LogP contribution in [0.4, 0.5) is 0 Å². The van der Waals surface area contributed by atoms with Gasteiger partial charge in [0.2, 0.25) is 0 Å². The molecular formula is C31H39NO4. The number of aliphatic hydroxyl groups is 1. The standard InChI is InChI=1S/C31H39NO4/c1-2-3-19-32-20-29(34-22-25-13-7-4-8-14-25)31(36-24-27-17-11-6-12-18-27)30(28(32)21-33)35-23-26-15-9-5-10-16-26/h4-18,28-31,33H,2-3,19-24H2,1H3/t28-,29+,30-,31-/m1/s1. The summed E-state index contributed by atoms with van der Waals surface area (Å²) >= 11 is 0. The van der Waals surface area contributed by atoms with Gasteiger partial charge in [-0.2, -0.15) is 0 Å². The maximum atomic E-state index is 10.5. The van der Waals surface area contributed by atoms with Crippen molar-refractivity contribution in [3.63, 3.8) is 0 Å². The number of piperidine rings is 1. The lowest BCUT2D eigenvalue weighted by molar-refractivity contribution is -0.208. The number of benzene rings is 3. The van der Waals surface area contributed by atoms with Gasteiger partial charge in [0.05, 0.1) is 38.6 Å². The van der Waals surface area contributed by atoms with Crippen LogP contribution in [0, 0.1) is 0 Å². The Bertz CT molecular complexity index is 985. The molecule has 192 valence electrons. The van der Waals surface area contributed by atoms with E-state index in [9.17, 15) is 5.11 Å². The molecule has 1 aliphatic rings. The molecule has 0 aromatic heterocycles. The van der Waals surface area contributed by atoms with Crippen molar-refractivity contribution in [3.05, 3.63) is 108 Å². The third kappa shape index (κ3) is 7.48. The number of unbranched alkanes of at least 4 members (excludes halogenated alkanes) is 1. The molecule has 0 unspecified atom stereocenters. The second-order valence-electron chi connectivity index (χ2n) is 9.46. The number of likely N-dealkylation sites (tertiary alicyclic amines) is 1. The smallest absolute Gasteiger partial charge is 0.113 e. The van der Waals surface area contributed by atoms with Crippen LogP contribution in [0.1, 0.15) is 36.5 Å². The normalized spacial score (nSPS) is 22.5. The Morgan fingerprint density at radius 2 is 1.17 bits per heavy atom. The zero-order valence-electron chi connectivity index (χ0n) is 21.2. The molecule has 1 fully saturated rings. The van der Waals surface area contributed by atoms with Crippen molar-refractivity contribution in [3.8, 4) is 0 Å². The molecule has 3 aromatic rings. The second kappa shape index (κ2) is 14.3. The number of nitrogens with zero attached hydrogens (tertiary/aromatic N) is 1. The van der Waals surface area contributed by atoms with E-state index in [1.807, 2.05) is 54.6 Å². The minimum Gasteiger partial charge on any atom is -0.395 e. The number of ether oxygens (including phenoxy) is 3. The van der Waals surface area contributed by atoms with E-state index in [0.29, 0.717) is 26.4 Å². The lowest BCUT2D eigenvalue weighted by atomic mass is 9.92. The molecule has 1 N–H and O–H groups in total. The van der Waals surface area contributed by atoms with Gasteiger partial charge >= 0.3 is 0 Å². The lowest BCUT2D eigenvalue weighted by Gasteiger charge is -2.48. The van der Waals surface area contributed by atoms with Gasteiger partial charge in [0.15, 0.2) is 0 Å². The molecule has 3 aromatic carbocycles. The fourth-order valence-corrected chi connectivity index (χ4v) is 4.81. The van der Waals surface area contributed by atoms with Crippen LogP contribution in [0.15, 0.2) is 91.0 Å². The van der Waals surface area contributed by atoms with Gasteiger partial charge in [0, 0.05) is 6.54 Å². The third-order valence-corrected chi connectivity index (χ3v) is 6.82. The summed E-state index contributed by atoms with van der Waals surface area (Å²) in [5, 5.41) is 10.5. The molecule has 4 rings (SSSR count). The van der Waals surface area contributed by atoms with Crippen LogP contribution in [0.2, 0.25) is 0 Å². The SMILES string of the molecule is CCCCN1C[C@H](OCc2ccccc2)[C@@H](OCc2ccccc2)[C@H](OCc2ccccc2)[C@H]1CO. The molecule has 0 saturated carbocycles. The predicted molar refractivity (Wildman–Crippen MR) is 142 cm³/mol. The van der Waals surface area contributed by atoms with E-state index in [0.717, 1.165) is 36.1 Å². The van der Waals surface area contributed by atoms with Gasteiger partial charge in [0.1, 0.15) is 12.2 Å². The molecule has 5 heteroatoms. The molecule has 1 saturated heterocycles. The van der Waals surface area contributed by atoms with Crippen LogP contribution in [-0.2, 0) is 34.0 Å². The third-order valence-electron chi connectivity index (χ3n) is 6.82. The molecule has 0 bridgehead atoms. The van der Waals surface area contributed by atoms with Crippen molar-refractivity contribution in [1.82, 2.24) is 4.90 Å². The molecule has 1 heterocycles. The Morgan fingerprint density at radius 3 is 1.64 bits per heavy atom. The van der Waals surface area contributed by atoms with Crippen LogP contribution in [0.25, 0.3) is 0 Å². The average molecular weight is 490 g/mol. The highest BCUT2D eigenvalue weighted by Gasteiger charge is 2.45. The number of hydrogen-bond acceptors (Lipinski definition) is 5. The van der Waals surface area contributed by atoms with E-state index in [-0.39, 0.29) is 31.0 Å². The van der Waals surface area contributed by atoms with Crippen molar-refractivity contribution in [2.45, 2.75) is 63.9 Å². The topological polar surface area (TPSA) is 51.2 Å². The zero-order valence-corrected chi connectivity index (χ0v) is 21.2. The summed E-state index contributed by atoms with van der Waals surface area (Å²) in [5.41, 5.74) is 3.34. The molecule has 0 radical (unpaired) electrons. The van der Waals surface area contributed by atoms with Crippen molar-refractivity contribution < 1.29 is 19.3 Å². The highest BCUT2D eigenvalue weighted by molar-refractivity contribution is 5.16. The van der Waals surface area contributed by atoms with Gasteiger partial charge < -0.3 is 19.3 Å². The fourth-order valence-electron chi connectivity index (χ4n) is 4.81. The molecule has 1 aliphatic heterocycles. The van der Waals surface area contributed by atoms with E-state index in [1.165, 1.54) is 0 Å². The molecular weight excluding hydrogens is 450 g/mol. The molecule has 0 aliphatic carbocycles. The first-order valence-corrected chi connectivity index (χ1v) is 13.1. The minimum absolute atomic E-state index is 0.0137. The Morgan fingerprint density at radius 1 is 0.694 bits per heavy atom. The van der Waals surface area contributed by atoms with Crippen LogP contribution >= 0.6 is 0 Å². The first-order valence-electron chi connectivity index (χ1n) is 13.1. The summed E-state index contributed by atoms with van der Waals surface area (Å²) < 4.78 is 19.7. The Balaban J connectivity index is 1.57. The first kappa shape index (κ1) is 26.5. The summed E-state index contributed by atoms with van der Waals surface area (Å²) in [4.78, 5) is 2.33. The lowest BCUT2D eigenvalue weighted by Crippen LogP contribution is -2.64. The number of aliphatic hydroxyl groups excluding tert-OH is 1. The number of hydrogen-bond donors (Lipinski definition) is 1. The first-order chi connectivity index (χ1) is 17.8. The van der Waals surface area contributed by atoms with Gasteiger partial charge in [0.25, 0.3) is 0 Å². The number of rotatable bonds is 13. The van der Waals surface area contributed by atoms with Crippen molar-refractivity contribution in [2.24, 2.45) is 0 Å². The van der Waals surface area contributed by atoms with E-state index < -0.39 is 0 Å².